The first-order valence-corrected chi connectivity index (χ1v) is 10.5. The van der Waals surface area contributed by atoms with Crippen molar-refractivity contribution in [2.75, 3.05) is 11.9 Å². The molecule has 0 aliphatic heterocycles. The first-order valence-electron chi connectivity index (χ1n) is 9.66. The molecular formula is C24H30BrNO3. The summed E-state index contributed by atoms with van der Waals surface area (Å²) in [4.78, 5) is 24.8. The van der Waals surface area contributed by atoms with Crippen molar-refractivity contribution in [1.82, 2.24) is 0 Å². The second kappa shape index (κ2) is 8.70. The van der Waals surface area contributed by atoms with Gasteiger partial charge >= 0.3 is 5.97 Å². The van der Waals surface area contributed by atoms with E-state index in [0.29, 0.717) is 11.3 Å². The summed E-state index contributed by atoms with van der Waals surface area (Å²) in [5, 5.41) is 2.75. The lowest BCUT2D eigenvalue weighted by molar-refractivity contribution is -0.119. The molecule has 156 valence electrons. The average Bonchev–Trinajstić information content (AvgIpc) is 2.61. The largest absolute Gasteiger partial charge is 0.452 e. The molecule has 1 amide bonds. The van der Waals surface area contributed by atoms with E-state index in [2.05, 4.69) is 68.9 Å². The summed E-state index contributed by atoms with van der Waals surface area (Å²) >= 11 is 3.43. The van der Waals surface area contributed by atoms with Crippen LogP contribution in [0.25, 0.3) is 0 Å². The second-order valence-corrected chi connectivity index (χ2v) is 10.2. The molecule has 0 aliphatic rings. The summed E-state index contributed by atoms with van der Waals surface area (Å²) in [6.45, 7) is 14.3. The Bertz CT molecular complexity index is 888. The summed E-state index contributed by atoms with van der Waals surface area (Å²) in [5.74, 6) is -0.869. The van der Waals surface area contributed by atoms with Crippen LogP contribution < -0.4 is 5.32 Å². The highest BCUT2D eigenvalue weighted by Gasteiger charge is 2.23. The van der Waals surface area contributed by atoms with Crippen molar-refractivity contribution >= 4 is 33.5 Å². The van der Waals surface area contributed by atoms with Crippen LogP contribution in [0.15, 0.2) is 40.9 Å². The van der Waals surface area contributed by atoms with Crippen molar-refractivity contribution in [3.63, 3.8) is 0 Å². The molecule has 0 spiro atoms. The number of hydrogen-bond donors (Lipinski definition) is 1. The van der Waals surface area contributed by atoms with Crippen LogP contribution in [0.5, 0.6) is 0 Å². The molecule has 0 aromatic heterocycles. The van der Waals surface area contributed by atoms with Gasteiger partial charge in [0, 0.05) is 10.2 Å². The Labute approximate surface area is 182 Å². The van der Waals surface area contributed by atoms with E-state index in [1.807, 2.05) is 31.2 Å². The summed E-state index contributed by atoms with van der Waals surface area (Å²) in [6, 6.07) is 11.4. The van der Waals surface area contributed by atoms with E-state index < -0.39 is 5.97 Å². The topological polar surface area (TPSA) is 55.4 Å². The van der Waals surface area contributed by atoms with Crippen molar-refractivity contribution in [1.29, 1.82) is 0 Å². The van der Waals surface area contributed by atoms with Gasteiger partial charge in [0.05, 0.1) is 5.56 Å². The molecule has 0 heterocycles. The first kappa shape index (κ1) is 23.1. The highest BCUT2D eigenvalue weighted by atomic mass is 79.9. The van der Waals surface area contributed by atoms with E-state index in [9.17, 15) is 9.59 Å². The minimum atomic E-state index is -0.497. The van der Waals surface area contributed by atoms with Gasteiger partial charge in [-0.1, -0.05) is 63.5 Å². The lowest BCUT2D eigenvalue weighted by Gasteiger charge is -2.25. The predicted octanol–water partition coefficient (Wildman–Crippen LogP) is 6.15. The lowest BCUT2D eigenvalue weighted by atomic mass is 9.79. The number of benzene rings is 2. The number of nitrogens with one attached hydrogen (secondary N) is 1. The molecule has 2 aromatic carbocycles. The van der Waals surface area contributed by atoms with Gasteiger partial charge in [-0.2, -0.15) is 0 Å². The van der Waals surface area contributed by atoms with E-state index in [-0.39, 0.29) is 23.3 Å². The monoisotopic (exact) mass is 459 g/mol. The molecular weight excluding hydrogens is 430 g/mol. The number of carbonyl (C=O) groups is 2. The highest BCUT2D eigenvalue weighted by molar-refractivity contribution is 9.10. The molecule has 29 heavy (non-hydrogen) atoms. The molecule has 0 saturated carbocycles. The zero-order valence-electron chi connectivity index (χ0n) is 18.3. The molecule has 0 fully saturated rings. The molecule has 0 radical (unpaired) electrons. The zero-order valence-corrected chi connectivity index (χ0v) is 19.9. The minimum Gasteiger partial charge on any atom is -0.452 e. The third-order valence-corrected chi connectivity index (χ3v) is 5.57. The maximum Gasteiger partial charge on any atom is 0.338 e. The van der Waals surface area contributed by atoms with Gasteiger partial charge in [-0.25, -0.2) is 4.79 Å². The van der Waals surface area contributed by atoms with Crippen molar-refractivity contribution in [3.05, 3.63) is 63.1 Å². The van der Waals surface area contributed by atoms with Crippen molar-refractivity contribution in [2.24, 2.45) is 0 Å². The van der Waals surface area contributed by atoms with Gasteiger partial charge in [0.1, 0.15) is 0 Å². The van der Waals surface area contributed by atoms with Crippen LogP contribution in [0, 0.1) is 6.92 Å². The van der Waals surface area contributed by atoms with Crippen LogP contribution >= 0.6 is 15.9 Å². The molecule has 0 atom stereocenters. The molecule has 5 heteroatoms. The second-order valence-electron chi connectivity index (χ2n) is 9.39. The van der Waals surface area contributed by atoms with Crippen LogP contribution in [0.2, 0.25) is 0 Å². The molecule has 0 saturated heterocycles. The highest BCUT2D eigenvalue weighted by Crippen LogP contribution is 2.30. The minimum absolute atomic E-state index is 0.104. The molecule has 0 bridgehead atoms. The number of ether oxygens (including phenoxy) is 1. The number of rotatable bonds is 4. The number of carbonyl (C=O) groups excluding carboxylic acids is 2. The third kappa shape index (κ3) is 6.43. The number of amides is 1. The summed E-state index contributed by atoms with van der Waals surface area (Å²) in [7, 11) is 0. The smallest absolute Gasteiger partial charge is 0.338 e. The van der Waals surface area contributed by atoms with E-state index in [0.717, 1.165) is 21.2 Å². The van der Waals surface area contributed by atoms with E-state index in [1.165, 1.54) is 0 Å². The van der Waals surface area contributed by atoms with Crippen molar-refractivity contribution < 1.29 is 14.3 Å². The van der Waals surface area contributed by atoms with Crippen LogP contribution in [0.4, 0.5) is 5.69 Å². The van der Waals surface area contributed by atoms with E-state index in [4.69, 9.17) is 4.74 Å². The Morgan fingerprint density at radius 2 is 1.48 bits per heavy atom. The molecule has 4 nitrogen and oxygen atoms in total. The van der Waals surface area contributed by atoms with Gasteiger partial charge in [-0.15, -0.1) is 0 Å². The molecule has 2 aromatic rings. The van der Waals surface area contributed by atoms with Crippen LogP contribution in [-0.2, 0) is 20.4 Å². The van der Waals surface area contributed by atoms with Gasteiger partial charge < -0.3 is 10.1 Å². The number of anilines is 1. The predicted molar refractivity (Wildman–Crippen MR) is 122 cm³/mol. The van der Waals surface area contributed by atoms with Crippen molar-refractivity contribution in [3.8, 4) is 0 Å². The third-order valence-electron chi connectivity index (χ3n) is 4.68. The fraction of sp³-hybridized carbons (Fsp3) is 0.417. The van der Waals surface area contributed by atoms with Gasteiger partial charge in [-0.05, 0) is 64.8 Å². The fourth-order valence-corrected chi connectivity index (χ4v) is 2.99. The molecule has 0 aliphatic carbocycles. The Morgan fingerprint density at radius 3 is 1.97 bits per heavy atom. The Morgan fingerprint density at radius 1 is 0.931 bits per heavy atom. The van der Waals surface area contributed by atoms with Crippen LogP contribution in [0.1, 0.15) is 68.6 Å². The Kier molecular flexibility index (Phi) is 6.94. The quantitative estimate of drug-likeness (QED) is 0.557. The lowest BCUT2D eigenvalue weighted by Crippen LogP contribution is -2.22. The zero-order chi connectivity index (χ0) is 22.0. The summed E-state index contributed by atoms with van der Waals surface area (Å²) < 4.78 is 6.26. The van der Waals surface area contributed by atoms with Crippen molar-refractivity contribution in [2.45, 2.75) is 59.3 Å². The summed E-state index contributed by atoms with van der Waals surface area (Å²) in [5.41, 5.74) is 4.05. The van der Waals surface area contributed by atoms with Gasteiger partial charge in [-0.3, -0.25) is 4.79 Å². The first-order chi connectivity index (χ1) is 13.3. The number of halogens is 1. The van der Waals surface area contributed by atoms with Crippen LogP contribution in [0.3, 0.4) is 0 Å². The van der Waals surface area contributed by atoms with E-state index in [1.54, 1.807) is 6.07 Å². The standard InChI is InChI=1S/C24H30BrNO3/c1-15-10-19(8-9-20(15)25)26-21(27)14-29-22(28)16-11-17(23(2,3)4)13-18(12-16)24(5,6)7/h8-13H,14H2,1-7H3,(H,26,27). The number of esters is 1. The van der Waals surface area contributed by atoms with Gasteiger partial charge in [0.25, 0.3) is 5.91 Å². The molecule has 0 unspecified atom stereocenters. The molecule has 2 rings (SSSR count). The molecule has 1 N–H and O–H groups in total. The van der Waals surface area contributed by atoms with E-state index >= 15 is 0 Å². The van der Waals surface area contributed by atoms with Gasteiger partial charge in [0.2, 0.25) is 0 Å². The Balaban J connectivity index is 2.13. The SMILES string of the molecule is Cc1cc(NC(=O)COC(=O)c2cc(C(C)(C)C)cc(C(C)(C)C)c2)ccc1Br. The fourth-order valence-electron chi connectivity index (χ4n) is 2.75. The summed E-state index contributed by atoms with van der Waals surface area (Å²) in [6.07, 6.45) is 0. The average molecular weight is 460 g/mol. The van der Waals surface area contributed by atoms with Gasteiger partial charge in [0.15, 0.2) is 6.61 Å². The Hall–Kier alpha value is -2.14. The number of aryl methyl sites for hydroxylation is 1. The normalized spacial score (nSPS) is 11.9. The number of hydrogen-bond acceptors (Lipinski definition) is 3. The maximum absolute atomic E-state index is 12.7. The van der Waals surface area contributed by atoms with Crippen LogP contribution in [-0.4, -0.2) is 18.5 Å². The maximum atomic E-state index is 12.7.